The van der Waals surface area contributed by atoms with Gasteiger partial charge >= 0.3 is 0 Å². The number of hydrogen-bond donors (Lipinski definition) is 1. The molecule has 1 atom stereocenters. The van der Waals surface area contributed by atoms with E-state index >= 15 is 0 Å². The van der Waals surface area contributed by atoms with Gasteiger partial charge in [0.25, 0.3) is 5.56 Å². The van der Waals surface area contributed by atoms with Gasteiger partial charge in [-0.05, 0) is 31.2 Å². The summed E-state index contributed by atoms with van der Waals surface area (Å²) in [4.78, 5) is 21.9. The zero-order chi connectivity index (χ0) is 16.2. The molecule has 1 N–H and O–H groups in total. The highest BCUT2D eigenvalue weighted by Gasteiger charge is 2.16. The Morgan fingerprint density at radius 1 is 1.09 bits per heavy atom. The fourth-order valence-electron chi connectivity index (χ4n) is 3.03. The molecule has 0 bridgehead atoms. The Bertz CT molecular complexity index is 842. The first-order valence-corrected chi connectivity index (χ1v) is 7.92. The van der Waals surface area contributed by atoms with Crippen LogP contribution in [-0.2, 0) is 6.54 Å². The first-order chi connectivity index (χ1) is 11.2. The summed E-state index contributed by atoms with van der Waals surface area (Å²) in [6.07, 6.45) is 0.998. The summed E-state index contributed by atoms with van der Waals surface area (Å²) in [5.74, 6) is 0.700. The van der Waals surface area contributed by atoms with Crippen LogP contribution in [0.1, 0.15) is 30.8 Å². The highest BCUT2D eigenvalue weighted by atomic mass is 16.1. The van der Waals surface area contributed by atoms with Crippen LogP contribution in [0.5, 0.6) is 0 Å². The highest BCUT2D eigenvalue weighted by Crippen LogP contribution is 2.23. The number of H-pyrrole nitrogens is 1. The van der Waals surface area contributed by atoms with Crippen LogP contribution in [0.2, 0.25) is 0 Å². The summed E-state index contributed by atoms with van der Waals surface area (Å²) in [7, 11) is 2.07. The average Bonchev–Trinajstić information content (AvgIpc) is 2.56. The van der Waals surface area contributed by atoms with Gasteiger partial charge < -0.3 is 4.98 Å². The lowest BCUT2D eigenvalue weighted by atomic mass is 10.0. The molecule has 1 aromatic heterocycles. The van der Waals surface area contributed by atoms with Crippen molar-refractivity contribution in [2.45, 2.75) is 25.9 Å². The predicted molar refractivity (Wildman–Crippen MR) is 93.3 cm³/mol. The molecule has 0 aliphatic rings. The van der Waals surface area contributed by atoms with E-state index in [9.17, 15) is 4.79 Å². The molecule has 0 saturated heterocycles. The van der Waals surface area contributed by atoms with Crippen molar-refractivity contribution < 1.29 is 0 Å². The fourth-order valence-corrected chi connectivity index (χ4v) is 3.03. The van der Waals surface area contributed by atoms with E-state index in [1.165, 1.54) is 5.56 Å². The monoisotopic (exact) mass is 307 g/mol. The first-order valence-electron chi connectivity index (χ1n) is 7.92. The molecule has 23 heavy (non-hydrogen) atoms. The van der Waals surface area contributed by atoms with E-state index in [2.05, 4.69) is 53.1 Å². The highest BCUT2D eigenvalue weighted by molar-refractivity contribution is 5.77. The van der Waals surface area contributed by atoms with E-state index in [1.807, 2.05) is 24.3 Å². The summed E-state index contributed by atoms with van der Waals surface area (Å²) < 4.78 is 0. The van der Waals surface area contributed by atoms with Crippen molar-refractivity contribution in [2.24, 2.45) is 0 Å². The SMILES string of the molecule is CCC(c1ccccc1)N(C)Cc1nc2ccccc2c(=O)[nH]1. The number of nitrogens with zero attached hydrogens (tertiary/aromatic N) is 2. The quantitative estimate of drug-likeness (QED) is 0.785. The van der Waals surface area contributed by atoms with Crippen LogP contribution in [0.25, 0.3) is 10.9 Å². The summed E-state index contributed by atoms with van der Waals surface area (Å²) in [5, 5.41) is 0.633. The van der Waals surface area contributed by atoms with Gasteiger partial charge in [0.2, 0.25) is 0 Å². The van der Waals surface area contributed by atoms with Gasteiger partial charge in [-0.3, -0.25) is 9.69 Å². The zero-order valence-electron chi connectivity index (χ0n) is 13.5. The third kappa shape index (κ3) is 3.32. The van der Waals surface area contributed by atoms with Crippen molar-refractivity contribution in [1.29, 1.82) is 0 Å². The average molecular weight is 307 g/mol. The van der Waals surface area contributed by atoms with Crippen LogP contribution < -0.4 is 5.56 Å². The Labute approximate surface area is 135 Å². The Kier molecular flexibility index (Phi) is 4.53. The molecule has 3 aromatic rings. The first kappa shape index (κ1) is 15.4. The molecule has 2 aromatic carbocycles. The van der Waals surface area contributed by atoms with Crippen molar-refractivity contribution in [3.05, 3.63) is 76.3 Å². The second kappa shape index (κ2) is 6.75. The number of aromatic amines is 1. The molecule has 4 heteroatoms. The third-order valence-corrected chi connectivity index (χ3v) is 4.16. The number of para-hydroxylation sites is 1. The molecule has 118 valence electrons. The summed E-state index contributed by atoms with van der Waals surface area (Å²) >= 11 is 0. The zero-order valence-corrected chi connectivity index (χ0v) is 13.5. The van der Waals surface area contributed by atoms with Gasteiger partial charge in [0.05, 0.1) is 17.4 Å². The smallest absolute Gasteiger partial charge is 0.258 e. The second-order valence-electron chi connectivity index (χ2n) is 5.78. The molecule has 1 unspecified atom stereocenters. The normalized spacial score (nSPS) is 12.7. The lowest BCUT2D eigenvalue weighted by molar-refractivity contribution is 0.225. The molecule has 0 aliphatic carbocycles. The van der Waals surface area contributed by atoms with E-state index in [4.69, 9.17) is 0 Å². The van der Waals surface area contributed by atoms with E-state index in [0.717, 1.165) is 11.9 Å². The van der Waals surface area contributed by atoms with Gasteiger partial charge in [-0.15, -0.1) is 0 Å². The number of benzene rings is 2. The van der Waals surface area contributed by atoms with Crippen LogP contribution in [0, 0.1) is 0 Å². The maximum atomic E-state index is 12.2. The maximum absolute atomic E-state index is 12.2. The van der Waals surface area contributed by atoms with E-state index in [1.54, 1.807) is 6.07 Å². The molecule has 0 amide bonds. The second-order valence-corrected chi connectivity index (χ2v) is 5.78. The molecule has 0 aliphatic heterocycles. The van der Waals surface area contributed by atoms with Crippen molar-refractivity contribution >= 4 is 10.9 Å². The van der Waals surface area contributed by atoms with Gasteiger partial charge in [0.1, 0.15) is 5.82 Å². The van der Waals surface area contributed by atoms with E-state index < -0.39 is 0 Å². The van der Waals surface area contributed by atoms with E-state index in [-0.39, 0.29) is 5.56 Å². The number of rotatable bonds is 5. The number of nitrogens with one attached hydrogen (secondary N) is 1. The van der Waals surface area contributed by atoms with Crippen molar-refractivity contribution in [1.82, 2.24) is 14.9 Å². The Morgan fingerprint density at radius 2 is 1.78 bits per heavy atom. The Balaban J connectivity index is 1.87. The standard InChI is InChI=1S/C19H21N3O/c1-3-17(14-9-5-4-6-10-14)22(2)13-18-20-16-12-8-7-11-15(16)19(23)21-18/h4-12,17H,3,13H2,1-2H3,(H,20,21,23). The van der Waals surface area contributed by atoms with Gasteiger partial charge in [-0.2, -0.15) is 0 Å². The minimum atomic E-state index is -0.0771. The van der Waals surface area contributed by atoms with Crippen molar-refractivity contribution in [3.8, 4) is 0 Å². The van der Waals surface area contributed by atoms with Gasteiger partial charge in [-0.25, -0.2) is 4.98 Å². The lowest BCUT2D eigenvalue weighted by Crippen LogP contribution is -2.26. The van der Waals surface area contributed by atoms with Gasteiger partial charge in [0, 0.05) is 6.04 Å². The molecular formula is C19H21N3O. The van der Waals surface area contributed by atoms with Gasteiger partial charge in [0.15, 0.2) is 0 Å². The molecule has 0 radical (unpaired) electrons. The number of hydrogen-bond acceptors (Lipinski definition) is 3. The lowest BCUT2D eigenvalue weighted by Gasteiger charge is -2.27. The minimum absolute atomic E-state index is 0.0771. The van der Waals surface area contributed by atoms with Crippen molar-refractivity contribution in [3.63, 3.8) is 0 Å². The molecule has 3 rings (SSSR count). The van der Waals surface area contributed by atoms with E-state index in [0.29, 0.717) is 23.8 Å². The molecule has 0 spiro atoms. The van der Waals surface area contributed by atoms with Crippen LogP contribution in [0.15, 0.2) is 59.4 Å². The summed E-state index contributed by atoms with van der Waals surface area (Å²) in [6, 6.07) is 18.2. The maximum Gasteiger partial charge on any atom is 0.258 e. The molecule has 4 nitrogen and oxygen atoms in total. The largest absolute Gasteiger partial charge is 0.309 e. The number of fused-ring (bicyclic) bond motifs is 1. The predicted octanol–water partition coefficient (Wildman–Crippen LogP) is 3.51. The molecule has 0 saturated carbocycles. The summed E-state index contributed by atoms with van der Waals surface area (Å²) in [5.41, 5.74) is 1.94. The minimum Gasteiger partial charge on any atom is -0.309 e. The molecular weight excluding hydrogens is 286 g/mol. The van der Waals surface area contributed by atoms with Crippen LogP contribution >= 0.6 is 0 Å². The molecule has 1 heterocycles. The van der Waals surface area contributed by atoms with Crippen LogP contribution in [0.3, 0.4) is 0 Å². The fraction of sp³-hybridized carbons (Fsp3) is 0.263. The van der Waals surface area contributed by atoms with Gasteiger partial charge in [-0.1, -0.05) is 49.4 Å². The summed E-state index contributed by atoms with van der Waals surface area (Å²) in [6.45, 7) is 2.78. The molecule has 0 fully saturated rings. The Hall–Kier alpha value is -2.46. The van der Waals surface area contributed by atoms with Crippen molar-refractivity contribution in [2.75, 3.05) is 7.05 Å². The Morgan fingerprint density at radius 3 is 2.52 bits per heavy atom. The van der Waals surface area contributed by atoms with Crippen LogP contribution in [0.4, 0.5) is 0 Å². The van der Waals surface area contributed by atoms with Crippen LogP contribution in [-0.4, -0.2) is 21.9 Å². The topological polar surface area (TPSA) is 49.0 Å². The third-order valence-electron chi connectivity index (χ3n) is 4.16. The number of aromatic nitrogens is 2.